The lowest BCUT2D eigenvalue weighted by atomic mass is 9.96. The molecular weight excluding hydrogens is 707 g/mol. The molecule has 1 aromatic heterocycles. The van der Waals surface area contributed by atoms with Crippen molar-refractivity contribution in [3.63, 3.8) is 0 Å². The van der Waals surface area contributed by atoms with Gasteiger partial charge in [-0.1, -0.05) is 161 Å². The number of aryl methyl sites for hydroxylation is 1. The number of allylic oxidation sites excluding steroid dienone is 3. The maximum atomic E-state index is 4.50. The van der Waals surface area contributed by atoms with Crippen LogP contribution in [-0.4, -0.2) is 31.8 Å². The predicted octanol–water partition coefficient (Wildman–Crippen LogP) is 12.6. The topological polar surface area (TPSA) is 67.0 Å². The molecule has 5 heteroatoms. The molecule has 0 spiro atoms. The van der Waals surface area contributed by atoms with E-state index in [4.69, 9.17) is 0 Å². The lowest BCUT2D eigenvalue weighted by Crippen LogP contribution is -2.20. The number of nitrogens with one attached hydrogen (secondary N) is 3. The SMILES string of the molecule is C=C/C=C(/CNCc1ccccc1)CNc1cc2c(cc1-c1ccccc1NC)c1c(n2-c2ccc3ccccc3c2)CCC=C1.CC.CCc1ccccc1.CN. The number of fused-ring (bicyclic) bond motifs is 4. The van der Waals surface area contributed by atoms with Gasteiger partial charge >= 0.3 is 0 Å². The van der Waals surface area contributed by atoms with Crippen molar-refractivity contribution in [2.75, 3.05) is 37.8 Å². The van der Waals surface area contributed by atoms with Gasteiger partial charge in [-0.3, -0.25) is 0 Å². The fourth-order valence-electron chi connectivity index (χ4n) is 7.41. The maximum Gasteiger partial charge on any atom is 0.0558 e. The van der Waals surface area contributed by atoms with Crippen LogP contribution in [0.25, 0.3) is 44.6 Å². The summed E-state index contributed by atoms with van der Waals surface area (Å²) in [6.07, 6.45) is 11.8. The van der Waals surface area contributed by atoms with Crippen LogP contribution >= 0.6 is 0 Å². The molecule has 0 unspecified atom stereocenters. The van der Waals surface area contributed by atoms with Gasteiger partial charge in [-0.15, -0.1) is 0 Å². The highest BCUT2D eigenvalue weighted by atomic mass is 15.0. The number of benzene rings is 6. The molecule has 0 amide bonds. The predicted molar refractivity (Wildman–Crippen MR) is 255 cm³/mol. The van der Waals surface area contributed by atoms with E-state index in [1.54, 1.807) is 0 Å². The van der Waals surface area contributed by atoms with Crippen LogP contribution in [-0.2, 0) is 19.4 Å². The molecule has 0 fully saturated rings. The van der Waals surface area contributed by atoms with Gasteiger partial charge in [0, 0.05) is 71.5 Å². The van der Waals surface area contributed by atoms with Crippen molar-refractivity contribution < 1.29 is 0 Å². The van der Waals surface area contributed by atoms with E-state index in [-0.39, 0.29) is 0 Å². The fraction of sp³-hybridized carbons (Fsp3) is 0.208. The van der Waals surface area contributed by atoms with E-state index in [1.165, 1.54) is 73.5 Å². The number of nitrogens with zero attached hydrogens (tertiary/aromatic N) is 1. The summed E-state index contributed by atoms with van der Waals surface area (Å²) in [5, 5.41) is 14.7. The number of hydrogen-bond acceptors (Lipinski definition) is 4. The van der Waals surface area contributed by atoms with Crippen molar-refractivity contribution in [2.45, 2.75) is 46.6 Å². The number of anilines is 2. The summed E-state index contributed by atoms with van der Waals surface area (Å²) in [7, 11) is 3.49. The van der Waals surface area contributed by atoms with Crippen LogP contribution in [0.4, 0.5) is 11.4 Å². The van der Waals surface area contributed by atoms with Crippen molar-refractivity contribution >= 4 is 39.1 Å². The Hall–Kier alpha value is -6.14. The van der Waals surface area contributed by atoms with Crippen molar-refractivity contribution in [3.8, 4) is 16.8 Å². The smallest absolute Gasteiger partial charge is 0.0558 e. The summed E-state index contributed by atoms with van der Waals surface area (Å²) in [4.78, 5) is 0. The molecule has 0 aliphatic heterocycles. The summed E-state index contributed by atoms with van der Waals surface area (Å²) >= 11 is 0. The standard InChI is InChI=1S/C42H40N4.C8H10.C2H6.CH5N/c1-3-13-31(28-44-27-30-14-5-4-6-15-30)29-45-40-26-42-38(25-37(40)35-18-9-11-20-39(35)43-2)36-19-10-12-21-41(36)46(42)34-23-22-32-16-7-8-17-33(32)24-34;1-2-8-6-4-3-5-7-8;2*1-2/h3-11,13-20,22-26,43-45H,1,12,21,27-29H2,2H3;3-7H,2H2,1H3;1-2H3;2H2,1H3/b31-13-;;;. The van der Waals surface area contributed by atoms with Gasteiger partial charge in [-0.2, -0.15) is 0 Å². The lowest BCUT2D eigenvalue weighted by molar-refractivity contribution is 0.734. The Morgan fingerprint density at radius 3 is 2.09 bits per heavy atom. The van der Waals surface area contributed by atoms with E-state index in [1.807, 2.05) is 33.0 Å². The molecule has 6 aromatic carbocycles. The second-order valence-corrected chi connectivity index (χ2v) is 13.7. The lowest BCUT2D eigenvalue weighted by Gasteiger charge is -2.18. The molecule has 1 aliphatic carbocycles. The van der Waals surface area contributed by atoms with Gasteiger partial charge in [0.25, 0.3) is 0 Å². The van der Waals surface area contributed by atoms with Gasteiger partial charge in [-0.25, -0.2) is 0 Å². The van der Waals surface area contributed by atoms with Crippen LogP contribution in [0.1, 0.15) is 49.6 Å². The van der Waals surface area contributed by atoms with E-state index < -0.39 is 0 Å². The molecule has 0 radical (unpaired) electrons. The Morgan fingerprint density at radius 2 is 1.40 bits per heavy atom. The summed E-state index contributed by atoms with van der Waals surface area (Å²) in [5.41, 5.74) is 18.1. The number of para-hydroxylation sites is 1. The summed E-state index contributed by atoms with van der Waals surface area (Å²) in [6.45, 7) is 12.5. The van der Waals surface area contributed by atoms with Crippen LogP contribution in [0.5, 0.6) is 0 Å². The summed E-state index contributed by atoms with van der Waals surface area (Å²) < 4.78 is 2.49. The molecule has 0 saturated carbocycles. The van der Waals surface area contributed by atoms with Gasteiger partial charge < -0.3 is 26.3 Å². The van der Waals surface area contributed by atoms with Crippen molar-refractivity contribution in [3.05, 3.63) is 192 Å². The Bertz CT molecular complexity index is 2400. The van der Waals surface area contributed by atoms with Gasteiger partial charge in [0.1, 0.15) is 0 Å². The van der Waals surface area contributed by atoms with E-state index in [0.29, 0.717) is 6.54 Å². The molecule has 7 aromatic rings. The van der Waals surface area contributed by atoms with E-state index >= 15 is 0 Å². The minimum atomic E-state index is 0.699. The monoisotopic (exact) mass is 767 g/mol. The first kappa shape index (κ1) is 43.0. The Kier molecular flexibility index (Phi) is 16.7. The van der Waals surface area contributed by atoms with Gasteiger partial charge in [-0.05, 0) is 84.1 Å². The molecule has 0 saturated heterocycles. The van der Waals surface area contributed by atoms with Crippen LogP contribution < -0.4 is 21.7 Å². The minimum Gasteiger partial charge on any atom is -0.388 e. The molecule has 8 rings (SSSR count). The third-order valence-corrected chi connectivity index (χ3v) is 10.2. The van der Waals surface area contributed by atoms with E-state index in [9.17, 15) is 0 Å². The molecule has 1 heterocycles. The summed E-state index contributed by atoms with van der Waals surface area (Å²) in [6, 6.07) is 49.8. The molecule has 5 N–H and O–H groups in total. The van der Waals surface area contributed by atoms with E-state index in [2.05, 4.69) is 191 Å². The normalized spacial score (nSPS) is 11.6. The van der Waals surface area contributed by atoms with E-state index in [0.717, 1.165) is 43.7 Å². The molecule has 0 atom stereocenters. The molecule has 5 nitrogen and oxygen atoms in total. The summed E-state index contributed by atoms with van der Waals surface area (Å²) in [5.74, 6) is 0. The number of hydrogen-bond donors (Lipinski definition) is 4. The van der Waals surface area contributed by atoms with Gasteiger partial charge in [0.2, 0.25) is 0 Å². The second-order valence-electron chi connectivity index (χ2n) is 13.7. The van der Waals surface area contributed by atoms with Gasteiger partial charge in [0.15, 0.2) is 0 Å². The third kappa shape index (κ3) is 10.6. The maximum absolute atomic E-state index is 4.50. The quantitative estimate of drug-likeness (QED) is 0.0935. The van der Waals surface area contributed by atoms with Gasteiger partial charge in [0.05, 0.1) is 5.52 Å². The van der Waals surface area contributed by atoms with Crippen molar-refractivity contribution in [1.29, 1.82) is 0 Å². The second kappa shape index (κ2) is 22.6. The highest BCUT2D eigenvalue weighted by molar-refractivity contribution is 6.02. The Balaban J connectivity index is 0.000000468. The number of aromatic nitrogens is 1. The Labute approximate surface area is 347 Å². The molecular formula is C53H61N5. The molecule has 298 valence electrons. The molecule has 0 bridgehead atoms. The first-order chi connectivity index (χ1) is 28.7. The average Bonchev–Trinajstić information content (AvgIpc) is 3.63. The van der Waals surface area contributed by atoms with Crippen LogP contribution in [0.15, 0.2) is 170 Å². The zero-order valence-corrected chi connectivity index (χ0v) is 35.1. The van der Waals surface area contributed by atoms with Crippen LogP contribution in [0.2, 0.25) is 0 Å². The average molecular weight is 768 g/mol. The zero-order chi connectivity index (χ0) is 41.1. The molecule has 58 heavy (non-hydrogen) atoms. The largest absolute Gasteiger partial charge is 0.388 e. The fourth-order valence-corrected chi connectivity index (χ4v) is 7.41. The first-order valence-electron chi connectivity index (χ1n) is 20.7. The Morgan fingerprint density at radius 1 is 0.724 bits per heavy atom. The van der Waals surface area contributed by atoms with Crippen molar-refractivity contribution in [2.24, 2.45) is 5.73 Å². The number of rotatable bonds is 12. The number of nitrogens with two attached hydrogens (primary N) is 1. The first-order valence-corrected chi connectivity index (χ1v) is 20.7. The third-order valence-electron chi connectivity index (χ3n) is 10.2. The molecule has 1 aliphatic rings. The van der Waals surface area contributed by atoms with Crippen LogP contribution in [0.3, 0.4) is 0 Å². The zero-order valence-electron chi connectivity index (χ0n) is 35.1. The van der Waals surface area contributed by atoms with Crippen molar-refractivity contribution in [1.82, 2.24) is 9.88 Å². The van der Waals surface area contributed by atoms with Crippen LogP contribution in [0, 0.1) is 0 Å². The highest BCUT2D eigenvalue weighted by Gasteiger charge is 2.22. The highest BCUT2D eigenvalue weighted by Crippen LogP contribution is 2.42. The minimum absolute atomic E-state index is 0.699.